The summed E-state index contributed by atoms with van der Waals surface area (Å²) in [4.78, 5) is 24.9. The Bertz CT molecular complexity index is 1260. The fraction of sp³-hybridized carbons (Fsp3) is 0.174. The van der Waals surface area contributed by atoms with E-state index < -0.39 is 33.1 Å². The molecule has 2 aromatic carbocycles. The molecule has 3 aromatic rings. The molecule has 11 heteroatoms. The van der Waals surface area contributed by atoms with Gasteiger partial charge in [-0.1, -0.05) is 48.0 Å². The molecular weight excluding hydrogens is 482 g/mol. The fourth-order valence-electron chi connectivity index (χ4n) is 3.21. The second-order valence-corrected chi connectivity index (χ2v) is 9.62. The van der Waals surface area contributed by atoms with Crippen LogP contribution in [-0.2, 0) is 27.9 Å². The summed E-state index contributed by atoms with van der Waals surface area (Å²) in [6.07, 6.45) is 2.83. The van der Waals surface area contributed by atoms with Gasteiger partial charge in [-0.05, 0) is 29.8 Å². The van der Waals surface area contributed by atoms with Crippen LogP contribution in [0.3, 0.4) is 0 Å². The minimum absolute atomic E-state index is 0.134. The van der Waals surface area contributed by atoms with Crippen LogP contribution >= 0.6 is 11.6 Å². The van der Waals surface area contributed by atoms with Crippen molar-refractivity contribution in [3.8, 4) is 0 Å². The third-order valence-electron chi connectivity index (χ3n) is 4.89. The second kappa shape index (κ2) is 11.1. The molecule has 1 heterocycles. The predicted molar refractivity (Wildman–Crippen MR) is 126 cm³/mol. The van der Waals surface area contributed by atoms with E-state index in [0.29, 0.717) is 5.76 Å². The van der Waals surface area contributed by atoms with E-state index in [1.165, 1.54) is 17.2 Å². The Labute approximate surface area is 202 Å². The van der Waals surface area contributed by atoms with Gasteiger partial charge in [0.25, 0.3) is 5.69 Å². The Morgan fingerprint density at radius 2 is 1.85 bits per heavy atom. The van der Waals surface area contributed by atoms with E-state index in [4.69, 9.17) is 16.0 Å². The maximum absolute atomic E-state index is 13.3. The quantitative estimate of drug-likeness (QED) is 0.219. The number of nitro groups is 1. The lowest BCUT2D eigenvalue weighted by atomic mass is 10.2. The molecule has 0 N–H and O–H groups in total. The zero-order chi connectivity index (χ0) is 24.7. The van der Waals surface area contributed by atoms with Crippen molar-refractivity contribution < 1.29 is 22.6 Å². The number of benzene rings is 2. The lowest BCUT2D eigenvalue weighted by Crippen LogP contribution is -2.42. The van der Waals surface area contributed by atoms with Gasteiger partial charge in [-0.15, -0.1) is 6.58 Å². The van der Waals surface area contributed by atoms with Crippen molar-refractivity contribution >= 4 is 33.2 Å². The van der Waals surface area contributed by atoms with Gasteiger partial charge in [-0.25, -0.2) is 8.42 Å². The number of halogens is 1. The summed E-state index contributed by atoms with van der Waals surface area (Å²) in [6, 6.07) is 15.8. The summed E-state index contributed by atoms with van der Waals surface area (Å²) in [5, 5.41) is 11.0. The van der Waals surface area contributed by atoms with Crippen molar-refractivity contribution in [2.24, 2.45) is 0 Å². The third-order valence-corrected chi connectivity index (χ3v) is 7.02. The minimum atomic E-state index is -4.27. The van der Waals surface area contributed by atoms with E-state index >= 15 is 0 Å². The number of sulfonamides is 1. The fourth-order valence-corrected chi connectivity index (χ4v) is 4.78. The van der Waals surface area contributed by atoms with Crippen LogP contribution in [0.15, 0.2) is 88.9 Å². The Kier molecular flexibility index (Phi) is 8.21. The molecule has 0 aliphatic rings. The van der Waals surface area contributed by atoms with E-state index in [1.807, 2.05) is 30.3 Å². The van der Waals surface area contributed by atoms with Crippen LogP contribution in [-0.4, -0.2) is 41.5 Å². The van der Waals surface area contributed by atoms with Gasteiger partial charge in [0.15, 0.2) is 0 Å². The lowest BCUT2D eigenvalue weighted by molar-refractivity contribution is -0.384. The van der Waals surface area contributed by atoms with E-state index in [1.54, 1.807) is 12.1 Å². The maximum Gasteiger partial charge on any atom is 0.289 e. The maximum atomic E-state index is 13.3. The molecule has 3 rings (SSSR count). The van der Waals surface area contributed by atoms with Crippen molar-refractivity contribution in [2.45, 2.75) is 18.0 Å². The minimum Gasteiger partial charge on any atom is -0.467 e. The molecule has 1 aromatic heterocycles. The largest absolute Gasteiger partial charge is 0.467 e. The van der Waals surface area contributed by atoms with Gasteiger partial charge < -0.3 is 9.32 Å². The Hall–Kier alpha value is -3.47. The molecule has 0 saturated carbocycles. The van der Waals surface area contributed by atoms with Crippen molar-refractivity contribution in [1.82, 2.24) is 9.21 Å². The molecule has 0 atom stereocenters. The summed E-state index contributed by atoms with van der Waals surface area (Å²) in [6.45, 7) is 3.26. The molecule has 0 saturated heterocycles. The highest BCUT2D eigenvalue weighted by Gasteiger charge is 2.30. The van der Waals surface area contributed by atoms with Crippen LogP contribution in [0.2, 0.25) is 5.02 Å². The molecule has 0 fully saturated rings. The van der Waals surface area contributed by atoms with E-state index in [0.717, 1.165) is 28.1 Å². The first-order chi connectivity index (χ1) is 16.2. The van der Waals surface area contributed by atoms with E-state index in [2.05, 4.69) is 6.58 Å². The van der Waals surface area contributed by atoms with Gasteiger partial charge in [0.05, 0.1) is 29.2 Å². The normalized spacial score (nSPS) is 11.4. The monoisotopic (exact) mass is 503 g/mol. The van der Waals surface area contributed by atoms with Crippen LogP contribution in [0.5, 0.6) is 0 Å². The molecule has 1 amide bonds. The Balaban J connectivity index is 1.89. The highest BCUT2D eigenvalue weighted by Crippen LogP contribution is 2.28. The van der Waals surface area contributed by atoms with Gasteiger partial charge in [-0.2, -0.15) is 4.31 Å². The zero-order valence-corrected chi connectivity index (χ0v) is 19.6. The van der Waals surface area contributed by atoms with Gasteiger partial charge in [0.2, 0.25) is 15.9 Å². The number of hydrogen-bond donors (Lipinski definition) is 0. The third kappa shape index (κ3) is 6.10. The Morgan fingerprint density at radius 1 is 1.12 bits per heavy atom. The number of rotatable bonds is 11. The highest BCUT2D eigenvalue weighted by molar-refractivity contribution is 7.89. The molecule has 0 radical (unpaired) electrons. The highest BCUT2D eigenvalue weighted by atomic mass is 35.5. The molecule has 9 nitrogen and oxygen atoms in total. The molecule has 178 valence electrons. The summed E-state index contributed by atoms with van der Waals surface area (Å²) in [5.41, 5.74) is 0.310. The molecule has 0 bridgehead atoms. The second-order valence-electron chi connectivity index (χ2n) is 7.27. The number of amides is 1. The first-order valence-corrected chi connectivity index (χ1v) is 11.9. The number of nitro benzene ring substituents is 1. The summed E-state index contributed by atoms with van der Waals surface area (Å²) < 4.78 is 32.8. The van der Waals surface area contributed by atoms with Crippen molar-refractivity contribution in [1.29, 1.82) is 0 Å². The first-order valence-electron chi connectivity index (χ1n) is 10.1. The van der Waals surface area contributed by atoms with Gasteiger partial charge in [0.1, 0.15) is 10.8 Å². The van der Waals surface area contributed by atoms with Crippen LogP contribution in [0.1, 0.15) is 11.3 Å². The number of carbonyl (C=O) groups excluding carboxylic acids is 1. The average Bonchev–Trinajstić information content (AvgIpc) is 3.32. The van der Waals surface area contributed by atoms with Crippen molar-refractivity contribution in [3.63, 3.8) is 0 Å². The summed E-state index contributed by atoms with van der Waals surface area (Å²) >= 11 is 5.82. The average molecular weight is 504 g/mol. The topological polar surface area (TPSA) is 114 Å². The molecular formula is C23H22ClN3O6S. The van der Waals surface area contributed by atoms with Crippen LogP contribution in [0.25, 0.3) is 0 Å². The summed E-state index contributed by atoms with van der Waals surface area (Å²) in [5.74, 6) is 0.0601. The predicted octanol–water partition coefficient (Wildman–Crippen LogP) is 4.25. The molecule has 34 heavy (non-hydrogen) atoms. The van der Waals surface area contributed by atoms with E-state index in [9.17, 15) is 23.3 Å². The van der Waals surface area contributed by atoms with Crippen LogP contribution in [0, 0.1) is 10.1 Å². The van der Waals surface area contributed by atoms with Gasteiger partial charge in [0, 0.05) is 19.2 Å². The van der Waals surface area contributed by atoms with Gasteiger partial charge in [-0.3, -0.25) is 14.9 Å². The first kappa shape index (κ1) is 25.2. The molecule has 0 aliphatic carbocycles. The number of furan rings is 1. The standard InChI is InChI=1S/C23H22ClN3O6S/c1-2-12-26(34(31,32)20-10-11-21(24)22(14-20)27(29)30)17-23(28)25(16-19-9-6-13-33-19)15-18-7-4-3-5-8-18/h2-11,13-14H,1,12,15-17H2. The number of hydrogen-bond acceptors (Lipinski definition) is 6. The smallest absolute Gasteiger partial charge is 0.289 e. The SMILES string of the molecule is C=CCN(CC(=O)N(Cc1ccccc1)Cc1ccco1)S(=O)(=O)c1ccc(Cl)c([N+](=O)[O-])c1. The molecule has 0 spiro atoms. The van der Waals surface area contributed by atoms with Crippen LogP contribution < -0.4 is 0 Å². The van der Waals surface area contributed by atoms with Crippen LogP contribution in [0.4, 0.5) is 5.69 Å². The van der Waals surface area contributed by atoms with Crippen molar-refractivity contribution in [3.05, 3.63) is 106 Å². The number of nitrogens with zero attached hydrogens (tertiary/aromatic N) is 3. The van der Waals surface area contributed by atoms with Crippen molar-refractivity contribution in [2.75, 3.05) is 13.1 Å². The zero-order valence-electron chi connectivity index (χ0n) is 18.0. The van der Waals surface area contributed by atoms with E-state index in [-0.39, 0.29) is 29.6 Å². The van der Waals surface area contributed by atoms with Gasteiger partial charge >= 0.3 is 0 Å². The molecule has 0 aliphatic heterocycles. The number of carbonyl (C=O) groups is 1. The summed E-state index contributed by atoms with van der Waals surface area (Å²) in [7, 11) is -4.27. The Morgan fingerprint density at radius 3 is 2.47 bits per heavy atom. The lowest BCUT2D eigenvalue weighted by Gasteiger charge is -2.26. The molecule has 0 unspecified atom stereocenters.